The van der Waals surface area contributed by atoms with Gasteiger partial charge in [-0.2, -0.15) is 0 Å². The summed E-state index contributed by atoms with van der Waals surface area (Å²) >= 11 is 0. The van der Waals surface area contributed by atoms with Crippen LogP contribution in [-0.2, 0) is 16.4 Å². The number of hydrogen-bond acceptors (Lipinski definition) is 4. The van der Waals surface area contributed by atoms with Crippen LogP contribution in [0.3, 0.4) is 0 Å². The Morgan fingerprint density at radius 3 is 2.67 bits per heavy atom. The highest BCUT2D eigenvalue weighted by atomic mass is 32.2. The minimum Gasteiger partial charge on any atom is -0.455 e. The summed E-state index contributed by atoms with van der Waals surface area (Å²) in [6, 6.07) is 9.89. The Bertz CT molecular complexity index is 1330. The summed E-state index contributed by atoms with van der Waals surface area (Å²) in [5.41, 5.74) is 3.68. The number of imidazole rings is 1. The Morgan fingerprint density at radius 1 is 1.17 bits per heavy atom. The van der Waals surface area contributed by atoms with Crippen LogP contribution in [0.4, 0.5) is 10.1 Å². The molecule has 0 fully saturated rings. The van der Waals surface area contributed by atoms with Crippen LogP contribution in [0.5, 0.6) is 0 Å². The number of furan rings is 1. The standard InChI is InChI=1S/C22H20FN3O3S/c1-30(27,28)26-11-3-2-4-15-12-17-19(13-18(15)26)29-21(14-5-7-16(23)8-6-14)20(17)22-24-9-10-25-22/h5-10,12-13H,2-4,11H2,1H3,(H,24,25). The number of sulfonamides is 1. The van der Waals surface area contributed by atoms with Gasteiger partial charge in [-0.15, -0.1) is 0 Å². The lowest BCUT2D eigenvalue weighted by Crippen LogP contribution is -2.30. The number of aryl methyl sites for hydroxylation is 1. The topological polar surface area (TPSA) is 79.2 Å². The fraction of sp³-hybridized carbons (Fsp3) is 0.227. The summed E-state index contributed by atoms with van der Waals surface area (Å²) in [4.78, 5) is 7.53. The van der Waals surface area contributed by atoms with Gasteiger partial charge in [0.05, 0.1) is 17.5 Å². The van der Waals surface area contributed by atoms with Crippen molar-refractivity contribution in [2.24, 2.45) is 0 Å². The Hall–Kier alpha value is -3.13. The smallest absolute Gasteiger partial charge is 0.232 e. The van der Waals surface area contributed by atoms with E-state index in [1.54, 1.807) is 30.6 Å². The average molecular weight is 425 g/mol. The highest BCUT2D eigenvalue weighted by Gasteiger charge is 2.26. The van der Waals surface area contributed by atoms with E-state index in [1.807, 2.05) is 6.07 Å². The molecule has 154 valence electrons. The lowest BCUT2D eigenvalue weighted by atomic mass is 10.0. The first kappa shape index (κ1) is 18.9. The summed E-state index contributed by atoms with van der Waals surface area (Å²) in [5.74, 6) is 0.873. The van der Waals surface area contributed by atoms with E-state index in [-0.39, 0.29) is 5.82 Å². The molecule has 1 N–H and O–H groups in total. The summed E-state index contributed by atoms with van der Waals surface area (Å²) in [5, 5.41) is 0.846. The highest BCUT2D eigenvalue weighted by molar-refractivity contribution is 7.92. The number of halogens is 1. The molecule has 6 nitrogen and oxygen atoms in total. The zero-order valence-electron chi connectivity index (χ0n) is 16.4. The molecule has 0 saturated carbocycles. The van der Waals surface area contributed by atoms with Crippen LogP contribution < -0.4 is 4.31 Å². The number of anilines is 1. The van der Waals surface area contributed by atoms with E-state index >= 15 is 0 Å². The van der Waals surface area contributed by atoms with Gasteiger partial charge in [-0.1, -0.05) is 0 Å². The molecule has 2 aromatic heterocycles. The van der Waals surface area contributed by atoms with Gasteiger partial charge >= 0.3 is 0 Å². The number of nitrogens with zero attached hydrogens (tertiary/aromatic N) is 2. The zero-order valence-corrected chi connectivity index (χ0v) is 17.2. The fourth-order valence-electron chi connectivity index (χ4n) is 4.09. The molecular weight excluding hydrogens is 405 g/mol. The van der Waals surface area contributed by atoms with Gasteiger partial charge in [-0.3, -0.25) is 4.31 Å². The van der Waals surface area contributed by atoms with E-state index in [2.05, 4.69) is 9.97 Å². The Kier molecular flexibility index (Phi) is 4.39. The van der Waals surface area contributed by atoms with Crippen LogP contribution in [0, 0.1) is 5.82 Å². The maximum atomic E-state index is 13.5. The van der Waals surface area contributed by atoms with E-state index in [1.165, 1.54) is 22.7 Å². The van der Waals surface area contributed by atoms with Crippen molar-refractivity contribution >= 4 is 26.7 Å². The van der Waals surface area contributed by atoms with Gasteiger partial charge in [-0.05, 0) is 55.2 Å². The van der Waals surface area contributed by atoms with Crippen LogP contribution in [0.1, 0.15) is 18.4 Å². The van der Waals surface area contributed by atoms with Crippen molar-refractivity contribution in [2.45, 2.75) is 19.3 Å². The minimum atomic E-state index is -3.40. The average Bonchev–Trinajstić information content (AvgIpc) is 3.29. The van der Waals surface area contributed by atoms with E-state index in [9.17, 15) is 12.8 Å². The van der Waals surface area contributed by atoms with E-state index < -0.39 is 10.0 Å². The number of hydrogen-bond donors (Lipinski definition) is 1. The molecule has 3 heterocycles. The molecule has 0 radical (unpaired) electrons. The van der Waals surface area contributed by atoms with Gasteiger partial charge in [0.2, 0.25) is 10.0 Å². The summed E-state index contributed by atoms with van der Waals surface area (Å²) in [7, 11) is -3.40. The molecule has 0 spiro atoms. The van der Waals surface area contributed by atoms with Gasteiger partial charge in [0.15, 0.2) is 0 Å². The lowest BCUT2D eigenvalue weighted by Gasteiger charge is -2.22. The summed E-state index contributed by atoms with van der Waals surface area (Å²) in [6.45, 7) is 0.452. The number of aromatic amines is 1. The largest absolute Gasteiger partial charge is 0.455 e. The Morgan fingerprint density at radius 2 is 1.97 bits per heavy atom. The molecule has 1 aliphatic rings. The minimum absolute atomic E-state index is 0.329. The first-order valence-corrected chi connectivity index (χ1v) is 11.6. The quantitative estimate of drug-likeness (QED) is 0.515. The van der Waals surface area contributed by atoms with E-state index in [0.717, 1.165) is 35.8 Å². The molecule has 30 heavy (non-hydrogen) atoms. The third kappa shape index (κ3) is 3.17. The van der Waals surface area contributed by atoms with E-state index in [4.69, 9.17) is 4.42 Å². The Balaban J connectivity index is 1.80. The third-order valence-corrected chi connectivity index (χ3v) is 6.64. The number of nitrogens with one attached hydrogen (secondary N) is 1. The number of benzene rings is 2. The number of H-pyrrole nitrogens is 1. The predicted octanol–water partition coefficient (Wildman–Crippen LogP) is 4.73. The molecule has 0 bridgehead atoms. The van der Waals surface area contributed by atoms with Crippen LogP contribution in [0.15, 0.2) is 53.2 Å². The van der Waals surface area contributed by atoms with Crippen molar-refractivity contribution in [2.75, 3.05) is 17.1 Å². The molecule has 0 atom stereocenters. The van der Waals surface area contributed by atoms with Crippen LogP contribution in [-0.4, -0.2) is 31.2 Å². The third-order valence-electron chi connectivity index (χ3n) is 5.46. The van der Waals surface area contributed by atoms with E-state index in [0.29, 0.717) is 35.0 Å². The summed E-state index contributed by atoms with van der Waals surface area (Å²) < 4.78 is 45.9. The molecule has 0 amide bonds. The molecule has 0 aliphatic carbocycles. The van der Waals surface area contributed by atoms with Crippen molar-refractivity contribution in [1.82, 2.24) is 9.97 Å². The SMILES string of the molecule is CS(=O)(=O)N1CCCCc2cc3c(-c4ncc[nH]4)c(-c4ccc(F)cc4)oc3cc21. The van der Waals surface area contributed by atoms with Crippen molar-refractivity contribution in [3.63, 3.8) is 0 Å². The number of aromatic nitrogens is 2. The predicted molar refractivity (Wildman–Crippen MR) is 114 cm³/mol. The molecule has 4 aromatic rings. The maximum absolute atomic E-state index is 13.5. The normalized spacial score (nSPS) is 14.7. The molecule has 0 saturated heterocycles. The molecule has 8 heteroatoms. The first-order valence-electron chi connectivity index (χ1n) is 9.74. The molecule has 5 rings (SSSR count). The molecule has 1 aliphatic heterocycles. The summed E-state index contributed by atoms with van der Waals surface area (Å²) in [6.07, 6.45) is 7.12. The van der Waals surface area contributed by atoms with Crippen LogP contribution in [0.2, 0.25) is 0 Å². The number of fused-ring (bicyclic) bond motifs is 2. The van der Waals surface area contributed by atoms with Crippen molar-refractivity contribution in [1.29, 1.82) is 0 Å². The van der Waals surface area contributed by atoms with Crippen LogP contribution >= 0.6 is 0 Å². The monoisotopic (exact) mass is 425 g/mol. The van der Waals surface area contributed by atoms with Crippen molar-refractivity contribution in [3.8, 4) is 22.7 Å². The Labute approximate surface area is 173 Å². The van der Waals surface area contributed by atoms with Gasteiger partial charge in [0.1, 0.15) is 23.0 Å². The second-order valence-electron chi connectivity index (χ2n) is 7.52. The lowest BCUT2D eigenvalue weighted by molar-refractivity contribution is 0.595. The van der Waals surface area contributed by atoms with Gasteiger partial charge in [0, 0.05) is 36.0 Å². The second kappa shape index (κ2) is 6.98. The molecular formula is C22H20FN3O3S. The van der Waals surface area contributed by atoms with Crippen LogP contribution in [0.25, 0.3) is 33.7 Å². The van der Waals surface area contributed by atoms with Gasteiger partial charge in [-0.25, -0.2) is 17.8 Å². The second-order valence-corrected chi connectivity index (χ2v) is 9.43. The number of rotatable bonds is 3. The van der Waals surface area contributed by atoms with Crippen molar-refractivity contribution < 1.29 is 17.2 Å². The van der Waals surface area contributed by atoms with Gasteiger partial charge in [0.25, 0.3) is 0 Å². The highest BCUT2D eigenvalue weighted by Crippen LogP contribution is 2.43. The zero-order chi connectivity index (χ0) is 20.9. The first-order chi connectivity index (χ1) is 14.4. The van der Waals surface area contributed by atoms with Gasteiger partial charge < -0.3 is 9.40 Å². The molecule has 0 unspecified atom stereocenters. The maximum Gasteiger partial charge on any atom is 0.232 e. The fourth-order valence-corrected chi connectivity index (χ4v) is 5.07. The molecule has 2 aromatic carbocycles. The van der Waals surface area contributed by atoms with Crippen molar-refractivity contribution in [3.05, 3.63) is 60.2 Å².